The Labute approximate surface area is 102 Å². The fourth-order valence-corrected chi connectivity index (χ4v) is 1.53. The van der Waals surface area contributed by atoms with Crippen LogP contribution in [0.25, 0.3) is 0 Å². The van der Waals surface area contributed by atoms with Crippen LogP contribution >= 0.6 is 0 Å². The van der Waals surface area contributed by atoms with Gasteiger partial charge >= 0.3 is 5.69 Å². The molecule has 5 nitrogen and oxygen atoms in total. The Kier molecular flexibility index (Phi) is 3.27. The standard InChI is InChI=1S/C12H11FN2O3/c1-8-2-4-10(18-8)7-14-9-3-5-11(13)12(6-9)15(16)17/h2-6,14H,7H2,1H3. The van der Waals surface area contributed by atoms with Gasteiger partial charge in [-0.2, -0.15) is 4.39 Å². The first kappa shape index (κ1) is 12.1. The molecule has 1 heterocycles. The second kappa shape index (κ2) is 4.87. The van der Waals surface area contributed by atoms with E-state index < -0.39 is 16.4 Å². The highest BCUT2D eigenvalue weighted by Gasteiger charge is 2.14. The van der Waals surface area contributed by atoms with E-state index in [-0.39, 0.29) is 0 Å². The average molecular weight is 250 g/mol. The first-order chi connectivity index (χ1) is 8.56. The number of benzene rings is 1. The number of halogens is 1. The van der Waals surface area contributed by atoms with E-state index in [0.29, 0.717) is 18.0 Å². The van der Waals surface area contributed by atoms with E-state index >= 15 is 0 Å². The van der Waals surface area contributed by atoms with E-state index in [1.165, 1.54) is 6.07 Å². The van der Waals surface area contributed by atoms with Crippen molar-refractivity contribution in [2.75, 3.05) is 5.32 Å². The quantitative estimate of drug-likeness (QED) is 0.668. The maximum absolute atomic E-state index is 13.1. The number of furan rings is 1. The van der Waals surface area contributed by atoms with Crippen molar-refractivity contribution in [1.82, 2.24) is 0 Å². The summed E-state index contributed by atoms with van der Waals surface area (Å²) in [6.07, 6.45) is 0. The lowest BCUT2D eigenvalue weighted by atomic mass is 10.2. The minimum absolute atomic E-state index is 0.386. The van der Waals surface area contributed by atoms with Crippen molar-refractivity contribution in [1.29, 1.82) is 0 Å². The summed E-state index contributed by atoms with van der Waals surface area (Å²) in [6, 6.07) is 7.29. The van der Waals surface area contributed by atoms with Crippen molar-refractivity contribution in [2.45, 2.75) is 13.5 Å². The fraction of sp³-hybridized carbons (Fsp3) is 0.167. The zero-order chi connectivity index (χ0) is 13.1. The molecule has 0 saturated carbocycles. The highest BCUT2D eigenvalue weighted by Crippen LogP contribution is 2.22. The maximum Gasteiger partial charge on any atom is 0.306 e. The molecule has 0 aliphatic heterocycles. The van der Waals surface area contributed by atoms with Gasteiger partial charge in [0, 0.05) is 11.8 Å². The largest absolute Gasteiger partial charge is 0.465 e. The number of anilines is 1. The van der Waals surface area contributed by atoms with Crippen LogP contribution in [0.4, 0.5) is 15.8 Å². The summed E-state index contributed by atoms with van der Waals surface area (Å²) in [6.45, 7) is 2.21. The number of hydrogen-bond acceptors (Lipinski definition) is 4. The molecule has 0 spiro atoms. The third kappa shape index (κ3) is 2.65. The van der Waals surface area contributed by atoms with Gasteiger partial charge in [0.1, 0.15) is 11.5 Å². The van der Waals surface area contributed by atoms with Gasteiger partial charge < -0.3 is 9.73 Å². The molecule has 1 aromatic heterocycles. The van der Waals surface area contributed by atoms with Gasteiger partial charge in [0.25, 0.3) is 0 Å². The zero-order valence-corrected chi connectivity index (χ0v) is 9.64. The van der Waals surface area contributed by atoms with Crippen LogP contribution < -0.4 is 5.32 Å². The van der Waals surface area contributed by atoms with Gasteiger partial charge in [-0.3, -0.25) is 10.1 Å². The zero-order valence-electron chi connectivity index (χ0n) is 9.64. The molecule has 0 atom stereocenters. The van der Waals surface area contributed by atoms with Crippen molar-refractivity contribution in [3.05, 3.63) is 57.8 Å². The highest BCUT2D eigenvalue weighted by atomic mass is 19.1. The first-order valence-corrected chi connectivity index (χ1v) is 5.29. The molecule has 2 aromatic rings. The molecule has 18 heavy (non-hydrogen) atoms. The molecule has 0 unspecified atom stereocenters. The molecule has 0 amide bonds. The minimum Gasteiger partial charge on any atom is -0.465 e. The summed E-state index contributed by atoms with van der Waals surface area (Å²) in [5.74, 6) is 0.649. The monoisotopic (exact) mass is 250 g/mol. The van der Waals surface area contributed by atoms with Gasteiger partial charge in [-0.25, -0.2) is 0 Å². The molecule has 0 aliphatic carbocycles. The van der Waals surface area contributed by atoms with E-state index in [2.05, 4.69) is 5.32 Å². The molecule has 0 aliphatic rings. The van der Waals surface area contributed by atoms with Crippen LogP contribution in [0.3, 0.4) is 0 Å². The van der Waals surface area contributed by atoms with Crippen LogP contribution in [-0.4, -0.2) is 4.92 Å². The number of nitro benzene ring substituents is 1. The van der Waals surface area contributed by atoms with E-state index in [0.717, 1.165) is 17.9 Å². The molecule has 1 aromatic carbocycles. The van der Waals surface area contributed by atoms with E-state index in [1.54, 1.807) is 6.07 Å². The lowest BCUT2D eigenvalue weighted by Crippen LogP contribution is -2.00. The second-order valence-electron chi connectivity index (χ2n) is 3.79. The molecule has 0 radical (unpaired) electrons. The summed E-state index contributed by atoms with van der Waals surface area (Å²) in [5, 5.41) is 13.5. The maximum atomic E-state index is 13.1. The SMILES string of the molecule is Cc1ccc(CNc2ccc(F)c([N+](=O)[O-])c2)o1. The van der Waals surface area contributed by atoms with Gasteiger partial charge in [-0.05, 0) is 31.2 Å². The van der Waals surface area contributed by atoms with Crippen LogP contribution in [-0.2, 0) is 6.54 Å². The lowest BCUT2D eigenvalue weighted by Gasteiger charge is -2.04. The summed E-state index contributed by atoms with van der Waals surface area (Å²) in [5.41, 5.74) is -0.0761. The van der Waals surface area contributed by atoms with Crippen molar-refractivity contribution in [3.63, 3.8) is 0 Å². The Bertz CT molecular complexity index is 580. The van der Waals surface area contributed by atoms with Crippen LogP contribution in [0, 0.1) is 22.9 Å². The average Bonchev–Trinajstić information content (AvgIpc) is 2.74. The smallest absolute Gasteiger partial charge is 0.306 e. The first-order valence-electron chi connectivity index (χ1n) is 5.29. The summed E-state index contributed by atoms with van der Waals surface area (Å²) >= 11 is 0. The minimum atomic E-state index is -0.848. The molecular formula is C12H11FN2O3. The van der Waals surface area contributed by atoms with Crippen LogP contribution in [0.15, 0.2) is 34.7 Å². The van der Waals surface area contributed by atoms with Crippen LogP contribution in [0.1, 0.15) is 11.5 Å². The normalized spacial score (nSPS) is 10.3. The lowest BCUT2D eigenvalue weighted by molar-refractivity contribution is -0.387. The Balaban J connectivity index is 2.10. The highest BCUT2D eigenvalue weighted by molar-refractivity contribution is 5.51. The van der Waals surface area contributed by atoms with Crippen molar-refractivity contribution >= 4 is 11.4 Å². The number of nitrogens with zero attached hydrogens (tertiary/aromatic N) is 1. The van der Waals surface area contributed by atoms with Crippen molar-refractivity contribution < 1.29 is 13.7 Å². The predicted octanol–water partition coefficient (Wildman–Crippen LogP) is 3.25. The van der Waals surface area contributed by atoms with Gasteiger partial charge in [-0.15, -0.1) is 0 Å². The number of aryl methyl sites for hydroxylation is 1. The topological polar surface area (TPSA) is 68.3 Å². The molecule has 0 saturated heterocycles. The molecule has 2 rings (SSSR count). The number of rotatable bonds is 4. The van der Waals surface area contributed by atoms with Gasteiger partial charge in [-0.1, -0.05) is 0 Å². The van der Waals surface area contributed by atoms with Gasteiger partial charge in [0.05, 0.1) is 11.5 Å². The van der Waals surface area contributed by atoms with Gasteiger partial charge in [0.2, 0.25) is 5.82 Å². The Morgan fingerprint density at radius 1 is 1.39 bits per heavy atom. The fourth-order valence-electron chi connectivity index (χ4n) is 1.53. The Morgan fingerprint density at radius 3 is 2.78 bits per heavy atom. The van der Waals surface area contributed by atoms with Crippen molar-refractivity contribution in [3.8, 4) is 0 Å². The van der Waals surface area contributed by atoms with E-state index in [1.807, 2.05) is 13.0 Å². The van der Waals surface area contributed by atoms with Gasteiger partial charge in [0.15, 0.2) is 0 Å². The molecular weight excluding hydrogens is 239 g/mol. The molecule has 1 N–H and O–H groups in total. The molecule has 0 fully saturated rings. The summed E-state index contributed by atoms with van der Waals surface area (Å²) in [7, 11) is 0. The van der Waals surface area contributed by atoms with Crippen molar-refractivity contribution in [2.24, 2.45) is 0 Å². The number of nitrogens with one attached hydrogen (secondary N) is 1. The molecule has 0 bridgehead atoms. The number of nitro groups is 1. The third-order valence-corrected chi connectivity index (χ3v) is 2.41. The summed E-state index contributed by atoms with van der Waals surface area (Å²) in [4.78, 5) is 9.82. The van der Waals surface area contributed by atoms with E-state index in [4.69, 9.17) is 4.42 Å². The molecule has 6 heteroatoms. The third-order valence-electron chi connectivity index (χ3n) is 2.41. The van der Waals surface area contributed by atoms with Crippen LogP contribution in [0.5, 0.6) is 0 Å². The second-order valence-corrected chi connectivity index (χ2v) is 3.79. The summed E-state index contributed by atoms with van der Waals surface area (Å²) < 4.78 is 18.4. The Morgan fingerprint density at radius 2 is 2.17 bits per heavy atom. The Hall–Kier alpha value is -2.37. The predicted molar refractivity (Wildman–Crippen MR) is 63.8 cm³/mol. The van der Waals surface area contributed by atoms with Crippen LogP contribution in [0.2, 0.25) is 0 Å². The van der Waals surface area contributed by atoms with E-state index in [9.17, 15) is 14.5 Å². The number of hydrogen-bond donors (Lipinski definition) is 1. The molecule has 94 valence electrons.